The van der Waals surface area contributed by atoms with Gasteiger partial charge in [-0.05, 0) is 35.9 Å². The maximum atomic E-state index is 13.2. The summed E-state index contributed by atoms with van der Waals surface area (Å²) in [6.45, 7) is 0. The predicted molar refractivity (Wildman–Crippen MR) is 102 cm³/mol. The Labute approximate surface area is 160 Å². The number of halogens is 3. The van der Waals surface area contributed by atoms with E-state index in [0.29, 0.717) is 17.9 Å². The molecule has 1 amide bonds. The fraction of sp³-hybridized carbons (Fsp3) is 0.136. The van der Waals surface area contributed by atoms with Crippen LogP contribution in [0.1, 0.15) is 27.0 Å². The molecule has 144 valence electrons. The molecule has 0 saturated carbocycles. The summed E-state index contributed by atoms with van der Waals surface area (Å²) >= 11 is 0. The second-order valence-electron chi connectivity index (χ2n) is 6.19. The lowest BCUT2D eigenvalue weighted by Gasteiger charge is -2.14. The third-order valence-electron chi connectivity index (χ3n) is 4.25. The number of ether oxygens (including phenoxy) is 1. The van der Waals surface area contributed by atoms with Crippen LogP contribution < -0.4 is 10.1 Å². The zero-order valence-corrected chi connectivity index (χ0v) is 15.1. The van der Waals surface area contributed by atoms with Crippen molar-refractivity contribution in [2.24, 2.45) is 0 Å². The Balaban J connectivity index is 1.87. The monoisotopic (exact) mass is 385 g/mol. The van der Waals surface area contributed by atoms with E-state index >= 15 is 0 Å². The molecule has 0 spiro atoms. The van der Waals surface area contributed by atoms with Crippen LogP contribution in [0.4, 0.5) is 18.9 Å². The number of hydrogen-bond acceptors (Lipinski definition) is 2. The first kappa shape index (κ1) is 19.5. The summed E-state index contributed by atoms with van der Waals surface area (Å²) in [5.41, 5.74) is 0.872. The predicted octanol–water partition coefficient (Wildman–Crippen LogP) is 5.56. The minimum atomic E-state index is -4.60. The van der Waals surface area contributed by atoms with Gasteiger partial charge in [-0.25, -0.2) is 0 Å². The van der Waals surface area contributed by atoms with Crippen molar-refractivity contribution in [3.63, 3.8) is 0 Å². The second kappa shape index (κ2) is 8.17. The number of amides is 1. The molecule has 28 heavy (non-hydrogen) atoms. The van der Waals surface area contributed by atoms with Crippen LogP contribution in [0.25, 0.3) is 0 Å². The van der Waals surface area contributed by atoms with Gasteiger partial charge in [0.1, 0.15) is 5.75 Å². The van der Waals surface area contributed by atoms with E-state index in [1.165, 1.54) is 12.1 Å². The van der Waals surface area contributed by atoms with Crippen LogP contribution >= 0.6 is 0 Å². The molecular weight excluding hydrogens is 367 g/mol. The first-order valence-electron chi connectivity index (χ1n) is 8.57. The Bertz CT molecular complexity index is 969. The highest BCUT2D eigenvalue weighted by Gasteiger charge is 2.34. The van der Waals surface area contributed by atoms with E-state index in [-0.39, 0.29) is 0 Å². The van der Waals surface area contributed by atoms with E-state index in [2.05, 4.69) is 5.32 Å². The number of carbonyl (C=O) groups excluding carboxylic acids is 1. The fourth-order valence-corrected chi connectivity index (χ4v) is 2.94. The largest absolute Gasteiger partial charge is 0.496 e. The maximum absolute atomic E-state index is 13.2. The van der Waals surface area contributed by atoms with Gasteiger partial charge in [-0.1, -0.05) is 42.5 Å². The van der Waals surface area contributed by atoms with E-state index in [4.69, 9.17) is 4.74 Å². The van der Waals surface area contributed by atoms with Crippen LogP contribution in [0.3, 0.4) is 0 Å². The number of hydrogen-bond donors (Lipinski definition) is 1. The summed E-state index contributed by atoms with van der Waals surface area (Å²) in [5.74, 6) is -0.179. The average molecular weight is 385 g/mol. The Morgan fingerprint density at radius 2 is 1.64 bits per heavy atom. The van der Waals surface area contributed by atoms with Crippen LogP contribution in [0, 0.1) is 0 Å². The number of nitrogens with one attached hydrogen (secondary N) is 1. The van der Waals surface area contributed by atoms with Crippen LogP contribution in [0.15, 0.2) is 72.8 Å². The smallest absolute Gasteiger partial charge is 0.417 e. The topological polar surface area (TPSA) is 38.3 Å². The van der Waals surface area contributed by atoms with Crippen molar-refractivity contribution in [1.29, 1.82) is 0 Å². The van der Waals surface area contributed by atoms with Gasteiger partial charge in [-0.15, -0.1) is 0 Å². The van der Waals surface area contributed by atoms with Gasteiger partial charge < -0.3 is 10.1 Å². The number of carbonyl (C=O) groups is 1. The molecule has 0 aliphatic heterocycles. The third kappa shape index (κ3) is 4.52. The lowest BCUT2D eigenvalue weighted by molar-refractivity contribution is -0.137. The molecule has 0 heterocycles. The number of benzene rings is 3. The van der Waals surface area contributed by atoms with Gasteiger partial charge in [-0.2, -0.15) is 13.2 Å². The van der Waals surface area contributed by atoms with Crippen molar-refractivity contribution < 1.29 is 22.7 Å². The van der Waals surface area contributed by atoms with Crippen molar-refractivity contribution in [2.45, 2.75) is 12.6 Å². The van der Waals surface area contributed by atoms with Gasteiger partial charge in [0.05, 0.1) is 18.2 Å². The zero-order chi connectivity index (χ0) is 20.1. The molecule has 0 atom stereocenters. The molecule has 3 rings (SSSR count). The number of anilines is 1. The average Bonchev–Trinajstić information content (AvgIpc) is 2.68. The van der Waals surface area contributed by atoms with E-state index in [0.717, 1.165) is 23.3 Å². The Morgan fingerprint density at radius 1 is 0.964 bits per heavy atom. The van der Waals surface area contributed by atoms with Crippen LogP contribution in [-0.4, -0.2) is 13.0 Å². The van der Waals surface area contributed by atoms with Gasteiger partial charge in [-0.3, -0.25) is 4.79 Å². The quantitative estimate of drug-likeness (QED) is 0.625. The molecule has 0 aromatic heterocycles. The maximum Gasteiger partial charge on any atom is 0.417 e. The molecule has 0 saturated heterocycles. The van der Waals surface area contributed by atoms with Crippen molar-refractivity contribution in [1.82, 2.24) is 0 Å². The minimum absolute atomic E-state index is 0.397. The SMILES string of the molecule is COc1ccc(NC(=O)c2ccccc2C(F)(F)F)cc1Cc1ccccc1. The Kier molecular flexibility index (Phi) is 5.68. The summed E-state index contributed by atoms with van der Waals surface area (Å²) < 4.78 is 44.8. The van der Waals surface area contributed by atoms with Crippen molar-refractivity contribution >= 4 is 11.6 Å². The van der Waals surface area contributed by atoms with Crippen molar-refractivity contribution in [3.8, 4) is 5.75 Å². The lowest BCUT2D eigenvalue weighted by atomic mass is 10.0. The summed E-state index contributed by atoms with van der Waals surface area (Å²) in [6, 6.07) is 19.4. The van der Waals surface area contributed by atoms with E-state index < -0.39 is 23.2 Å². The van der Waals surface area contributed by atoms with E-state index in [9.17, 15) is 18.0 Å². The summed E-state index contributed by atoms with van der Waals surface area (Å²) in [7, 11) is 1.54. The molecule has 0 unspecified atom stereocenters. The molecule has 3 aromatic carbocycles. The third-order valence-corrected chi connectivity index (χ3v) is 4.25. The first-order valence-corrected chi connectivity index (χ1v) is 8.57. The van der Waals surface area contributed by atoms with Gasteiger partial charge >= 0.3 is 6.18 Å². The van der Waals surface area contributed by atoms with Crippen LogP contribution in [0.2, 0.25) is 0 Å². The van der Waals surface area contributed by atoms with Gasteiger partial charge in [0, 0.05) is 17.7 Å². The molecule has 3 aromatic rings. The fourth-order valence-electron chi connectivity index (χ4n) is 2.94. The van der Waals surface area contributed by atoms with Crippen molar-refractivity contribution in [2.75, 3.05) is 12.4 Å². The zero-order valence-electron chi connectivity index (χ0n) is 15.1. The number of rotatable bonds is 5. The molecule has 3 nitrogen and oxygen atoms in total. The molecule has 1 N–H and O–H groups in total. The summed E-state index contributed by atoms with van der Waals surface area (Å²) in [4.78, 5) is 12.5. The van der Waals surface area contributed by atoms with Crippen LogP contribution in [-0.2, 0) is 12.6 Å². The highest BCUT2D eigenvalue weighted by molar-refractivity contribution is 6.05. The Morgan fingerprint density at radius 3 is 2.32 bits per heavy atom. The second-order valence-corrected chi connectivity index (χ2v) is 6.19. The molecular formula is C22H18F3NO2. The van der Waals surface area contributed by atoms with Crippen molar-refractivity contribution in [3.05, 3.63) is 95.1 Å². The summed E-state index contributed by atoms with van der Waals surface area (Å²) in [6.07, 6.45) is -4.04. The van der Waals surface area contributed by atoms with Crippen LogP contribution in [0.5, 0.6) is 5.75 Å². The molecule has 0 bridgehead atoms. The van der Waals surface area contributed by atoms with Gasteiger partial charge in [0.25, 0.3) is 5.91 Å². The standard InChI is InChI=1S/C22H18F3NO2/c1-28-20-12-11-17(14-16(20)13-15-7-3-2-4-8-15)26-21(27)18-9-5-6-10-19(18)22(23,24)25/h2-12,14H,13H2,1H3,(H,26,27). The van der Waals surface area contributed by atoms with E-state index in [1.54, 1.807) is 25.3 Å². The number of alkyl halides is 3. The first-order chi connectivity index (χ1) is 13.4. The minimum Gasteiger partial charge on any atom is -0.496 e. The highest BCUT2D eigenvalue weighted by atomic mass is 19.4. The van der Waals surface area contributed by atoms with E-state index in [1.807, 2.05) is 30.3 Å². The van der Waals surface area contributed by atoms with Gasteiger partial charge in [0.15, 0.2) is 0 Å². The highest BCUT2D eigenvalue weighted by Crippen LogP contribution is 2.32. The Hall–Kier alpha value is -3.28. The lowest BCUT2D eigenvalue weighted by Crippen LogP contribution is -2.18. The van der Waals surface area contributed by atoms with Gasteiger partial charge in [0.2, 0.25) is 0 Å². The molecule has 0 radical (unpaired) electrons. The molecule has 6 heteroatoms. The molecule has 0 fully saturated rings. The summed E-state index contributed by atoms with van der Waals surface area (Å²) in [5, 5.41) is 2.55. The number of methoxy groups -OCH3 is 1. The normalized spacial score (nSPS) is 11.1. The molecule has 0 aliphatic carbocycles. The molecule has 0 aliphatic rings.